The Morgan fingerprint density at radius 1 is 1.09 bits per heavy atom. The van der Waals surface area contributed by atoms with Crippen LogP contribution in [0.5, 0.6) is 0 Å². The number of piperazine rings is 1. The third-order valence-corrected chi connectivity index (χ3v) is 5.82. The lowest BCUT2D eigenvalue weighted by Gasteiger charge is -2.37. The minimum absolute atomic E-state index is 0.0243. The van der Waals surface area contributed by atoms with E-state index in [9.17, 15) is 14.0 Å². The van der Waals surface area contributed by atoms with Crippen molar-refractivity contribution in [2.75, 3.05) is 57.3 Å². The maximum absolute atomic E-state index is 14.7. The van der Waals surface area contributed by atoms with Crippen LogP contribution in [-0.2, 0) is 16.1 Å². The minimum Gasteiger partial charge on any atom is -0.372 e. The van der Waals surface area contributed by atoms with E-state index in [1.54, 1.807) is 11.0 Å². The van der Waals surface area contributed by atoms with Crippen LogP contribution in [-0.4, -0.2) is 86.3 Å². The fraction of sp³-hybridized carbons (Fsp3) is 0.652. The van der Waals surface area contributed by atoms with Crippen molar-refractivity contribution in [2.24, 2.45) is 0 Å². The van der Waals surface area contributed by atoms with Crippen molar-refractivity contribution < 1.29 is 18.7 Å². The zero-order chi connectivity index (χ0) is 23.1. The molecule has 0 aromatic heterocycles. The van der Waals surface area contributed by atoms with Gasteiger partial charge in [-0.1, -0.05) is 13.0 Å². The molecule has 2 aliphatic heterocycles. The van der Waals surface area contributed by atoms with Crippen molar-refractivity contribution in [1.82, 2.24) is 20.4 Å². The highest BCUT2D eigenvalue weighted by Crippen LogP contribution is 2.24. The minimum atomic E-state index is -0.284. The molecule has 2 heterocycles. The van der Waals surface area contributed by atoms with E-state index in [-0.39, 0.29) is 36.5 Å². The molecular formula is C23H36FN5O3. The fourth-order valence-electron chi connectivity index (χ4n) is 4.21. The van der Waals surface area contributed by atoms with E-state index in [0.29, 0.717) is 58.0 Å². The number of nitrogens with one attached hydrogen (secondary N) is 2. The van der Waals surface area contributed by atoms with Crippen LogP contribution >= 0.6 is 0 Å². The second-order valence-electron chi connectivity index (χ2n) is 8.72. The van der Waals surface area contributed by atoms with E-state index in [1.165, 1.54) is 6.07 Å². The van der Waals surface area contributed by atoms with Gasteiger partial charge < -0.3 is 25.2 Å². The summed E-state index contributed by atoms with van der Waals surface area (Å²) >= 11 is 0. The van der Waals surface area contributed by atoms with E-state index >= 15 is 0 Å². The molecule has 2 N–H and O–H groups in total. The second kappa shape index (κ2) is 11.5. The molecule has 8 nitrogen and oxygen atoms in total. The summed E-state index contributed by atoms with van der Waals surface area (Å²) in [5.74, 6) is -0.260. The van der Waals surface area contributed by atoms with Crippen LogP contribution in [0, 0.1) is 5.82 Å². The lowest BCUT2D eigenvalue weighted by molar-refractivity contribution is -0.122. The molecule has 1 aromatic carbocycles. The third kappa shape index (κ3) is 6.80. The Morgan fingerprint density at radius 2 is 1.78 bits per heavy atom. The normalized spacial score (nSPS) is 22.0. The van der Waals surface area contributed by atoms with E-state index < -0.39 is 0 Å². The Hall–Kier alpha value is -2.39. The lowest BCUT2D eigenvalue weighted by atomic mass is 10.1. The van der Waals surface area contributed by atoms with Crippen LogP contribution in [0.1, 0.15) is 32.8 Å². The molecule has 0 bridgehead atoms. The van der Waals surface area contributed by atoms with Gasteiger partial charge in [0.1, 0.15) is 5.82 Å². The van der Waals surface area contributed by atoms with E-state index in [1.807, 2.05) is 31.7 Å². The number of anilines is 1. The predicted octanol–water partition coefficient (Wildman–Crippen LogP) is 1.79. The number of hydrogen-bond acceptors (Lipinski definition) is 5. The maximum atomic E-state index is 14.7. The lowest BCUT2D eigenvalue weighted by Crippen LogP contribution is -2.53. The summed E-state index contributed by atoms with van der Waals surface area (Å²) in [6, 6.07) is 4.97. The Kier molecular flexibility index (Phi) is 8.69. The first kappa shape index (κ1) is 24.3. The standard InChI is InChI=1S/C23H36FN5O3/c1-4-7-25-22(30)16-27-8-10-28(11-9-27)23(31)26-13-19-5-6-21(20(24)12-19)29-14-17(2)32-18(3)15-29/h5-6,12,17-18H,4,7-11,13-16H2,1-3H3,(H,25,30)(H,26,31). The summed E-state index contributed by atoms with van der Waals surface area (Å²) in [4.78, 5) is 30.2. The summed E-state index contributed by atoms with van der Waals surface area (Å²) < 4.78 is 20.5. The van der Waals surface area contributed by atoms with Crippen LogP contribution in [0.15, 0.2) is 18.2 Å². The molecule has 1 aromatic rings. The molecule has 0 aliphatic carbocycles. The number of amides is 3. The molecule has 0 spiro atoms. The number of hydrogen-bond donors (Lipinski definition) is 2. The first-order chi connectivity index (χ1) is 15.4. The van der Waals surface area contributed by atoms with Gasteiger partial charge in [-0.3, -0.25) is 9.69 Å². The summed E-state index contributed by atoms with van der Waals surface area (Å²) in [5, 5.41) is 5.75. The second-order valence-corrected chi connectivity index (χ2v) is 8.72. The van der Waals surface area contributed by atoms with Crippen molar-refractivity contribution in [3.8, 4) is 0 Å². The molecule has 9 heteroatoms. The summed E-state index contributed by atoms with van der Waals surface area (Å²) in [7, 11) is 0. The molecule has 2 unspecified atom stereocenters. The molecule has 2 aliphatic rings. The molecule has 3 amide bonds. The van der Waals surface area contributed by atoms with E-state index in [0.717, 1.165) is 12.0 Å². The van der Waals surface area contributed by atoms with Gasteiger partial charge in [-0.15, -0.1) is 0 Å². The average molecular weight is 450 g/mol. The van der Waals surface area contributed by atoms with Gasteiger partial charge in [-0.25, -0.2) is 9.18 Å². The Bertz CT molecular complexity index is 775. The van der Waals surface area contributed by atoms with Crippen molar-refractivity contribution in [3.63, 3.8) is 0 Å². The van der Waals surface area contributed by atoms with Crippen LogP contribution in [0.3, 0.4) is 0 Å². The molecule has 2 fully saturated rings. The quantitative estimate of drug-likeness (QED) is 0.664. The van der Waals surface area contributed by atoms with E-state index in [4.69, 9.17) is 4.74 Å². The largest absolute Gasteiger partial charge is 0.372 e. The fourth-order valence-corrected chi connectivity index (χ4v) is 4.21. The number of halogens is 1. The molecule has 0 radical (unpaired) electrons. The van der Waals surface area contributed by atoms with Gasteiger partial charge in [-0.05, 0) is 38.0 Å². The molecule has 0 saturated carbocycles. The zero-order valence-electron chi connectivity index (χ0n) is 19.4. The first-order valence-corrected chi connectivity index (χ1v) is 11.6. The average Bonchev–Trinajstić information content (AvgIpc) is 2.76. The number of carbonyl (C=O) groups is 2. The number of urea groups is 1. The van der Waals surface area contributed by atoms with Gasteiger partial charge in [0.15, 0.2) is 0 Å². The number of benzene rings is 1. The number of carbonyl (C=O) groups excluding carboxylic acids is 2. The zero-order valence-corrected chi connectivity index (χ0v) is 19.4. The molecule has 32 heavy (non-hydrogen) atoms. The van der Waals surface area contributed by atoms with Crippen molar-refractivity contribution in [1.29, 1.82) is 0 Å². The molecular weight excluding hydrogens is 413 g/mol. The number of nitrogens with zero attached hydrogens (tertiary/aromatic N) is 3. The SMILES string of the molecule is CCCNC(=O)CN1CCN(C(=O)NCc2ccc(N3CC(C)OC(C)C3)c(F)c2)CC1. The highest BCUT2D eigenvalue weighted by atomic mass is 19.1. The van der Waals surface area contributed by atoms with Crippen LogP contribution in [0.4, 0.5) is 14.9 Å². The summed E-state index contributed by atoms with van der Waals surface area (Å²) in [6.07, 6.45) is 1.03. The van der Waals surface area contributed by atoms with Crippen LogP contribution < -0.4 is 15.5 Å². The van der Waals surface area contributed by atoms with Gasteiger partial charge in [0.25, 0.3) is 0 Å². The van der Waals surface area contributed by atoms with Crippen LogP contribution in [0.2, 0.25) is 0 Å². The smallest absolute Gasteiger partial charge is 0.317 e. The van der Waals surface area contributed by atoms with E-state index in [2.05, 4.69) is 15.5 Å². The number of rotatable bonds is 7. The van der Waals surface area contributed by atoms with Crippen LogP contribution in [0.25, 0.3) is 0 Å². The number of morpholine rings is 1. The van der Waals surface area contributed by atoms with Crippen molar-refractivity contribution in [2.45, 2.75) is 45.9 Å². The first-order valence-electron chi connectivity index (χ1n) is 11.6. The molecule has 2 saturated heterocycles. The molecule has 178 valence electrons. The highest BCUT2D eigenvalue weighted by molar-refractivity contribution is 5.78. The Labute approximate surface area is 190 Å². The molecule has 2 atom stereocenters. The third-order valence-electron chi connectivity index (χ3n) is 5.82. The van der Waals surface area contributed by atoms with Gasteiger partial charge in [0, 0.05) is 52.4 Å². The van der Waals surface area contributed by atoms with Gasteiger partial charge in [0.2, 0.25) is 5.91 Å². The predicted molar refractivity (Wildman–Crippen MR) is 122 cm³/mol. The topological polar surface area (TPSA) is 77.2 Å². The maximum Gasteiger partial charge on any atom is 0.317 e. The number of ether oxygens (including phenoxy) is 1. The van der Waals surface area contributed by atoms with Crippen molar-refractivity contribution in [3.05, 3.63) is 29.6 Å². The Balaban J connectivity index is 1.44. The van der Waals surface area contributed by atoms with Gasteiger partial charge in [0.05, 0.1) is 24.4 Å². The Morgan fingerprint density at radius 3 is 2.41 bits per heavy atom. The monoisotopic (exact) mass is 449 g/mol. The highest BCUT2D eigenvalue weighted by Gasteiger charge is 2.25. The summed E-state index contributed by atoms with van der Waals surface area (Å²) in [5.41, 5.74) is 1.29. The summed E-state index contributed by atoms with van der Waals surface area (Å²) in [6.45, 7) is 11.1. The van der Waals surface area contributed by atoms with Gasteiger partial charge in [-0.2, -0.15) is 0 Å². The molecule has 3 rings (SSSR count). The van der Waals surface area contributed by atoms with Crippen molar-refractivity contribution >= 4 is 17.6 Å². The van der Waals surface area contributed by atoms with Gasteiger partial charge >= 0.3 is 6.03 Å².